The fourth-order valence-electron chi connectivity index (χ4n) is 3.06. The maximum absolute atomic E-state index is 3.72. The normalized spacial score (nSPS) is 27.4. The zero-order valence-electron chi connectivity index (χ0n) is 11.0. The minimum Gasteiger partial charge on any atom is -0.316 e. The van der Waals surface area contributed by atoms with Gasteiger partial charge in [0.05, 0.1) is 0 Å². The maximum atomic E-state index is 3.72. The first-order valence-electron chi connectivity index (χ1n) is 7.11. The third kappa shape index (κ3) is 3.21. The third-order valence-corrected chi connectivity index (χ3v) is 4.70. The van der Waals surface area contributed by atoms with Gasteiger partial charge in [0.2, 0.25) is 0 Å². The highest BCUT2D eigenvalue weighted by molar-refractivity contribution is 4.83. The lowest BCUT2D eigenvalue weighted by molar-refractivity contribution is 0.191. The second kappa shape index (κ2) is 5.50. The molecule has 1 aliphatic carbocycles. The highest BCUT2D eigenvalue weighted by Crippen LogP contribution is 2.34. The lowest BCUT2D eigenvalue weighted by Crippen LogP contribution is -2.48. The molecule has 0 aromatic heterocycles. The van der Waals surface area contributed by atoms with E-state index in [9.17, 15) is 0 Å². The lowest BCUT2D eigenvalue weighted by Gasteiger charge is -2.36. The van der Waals surface area contributed by atoms with Crippen molar-refractivity contribution in [3.05, 3.63) is 0 Å². The Morgan fingerprint density at radius 2 is 1.94 bits per heavy atom. The van der Waals surface area contributed by atoms with Crippen LogP contribution in [0.3, 0.4) is 0 Å². The van der Waals surface area contributed by atoms with Crippen molar-refractivity contribution in [3.8, 4) is 0 Å². The number of hydrogen-bond acceptors (Lipinski definition) is 2. The van der Waals surface area contributed by atoms with Gasteiger partial charge in [-0.15, -0.1) is 0 Å². The summed E-state index contributed by atoms with van der Waals surface area (Å²) < 4.78 is 0. The first-order chi connectivity index (χ1) is 7.70. The monoisotopic (exact) mass is 224 g/mol. The summed E-state index contributed by atoms with van der Waals surface area (Å²) in [7, 11) is 0. The largest absolute Gasteiger partial charge is 0.316 e. The van der Waals surface area contributed by atoms with Crippen LogP contribution in [0.5, 0.6) is 0 Å². The van der Waals surface area contributed by atoms with Crippen LogP contribution >= 0.6 is 0 Å². The molecule has 0 aromatic carbocycles. The molecule has 0 bridgehead atoms. The summed E-state index contributed by atoms with van der Waals surface area (Å²) in [6, 6.07) is 0. The molecule has 16 heavy (non-hydrogen) atoms. The van der Waals surface area contributed by atoms with Crippen molar-refractivity contribution < 1.29 is 0 Å². The highest BCUT2D eigenvalue weighted by atomic mass is 15.0. The molecule has 2 aliphatic rings. The van der Waals surface area contributed by atoms with Gasteiger partial charge < -0.3 is 10.6 Å². The molecule has 2 fully saturated rings. The Bertz CT molecular complexity index is 205. The van der Waals surface area contributed by atoms with E-state index >= 15 is 0 Å². The lowest BCUT2D eigenvalue weighted by atomic mass is 9.75. The molecular weight excluding hydrogens is 196 g/mol. The van der Waals surface area contributed by atoms with Gasteiger partial charge in [0.15, 0.2) is 0 Å². The minimum atomic E-state index is 0.593. The van der Waals surface area contributed by atoms with Gasteiger partial charge in [-0.2, -0.15) is 0 Å². The van der Waals surface area contributed by atoms with Gasteiger partial charge in [0.25, 0.3) is 0 Å². The number of hydrogen-bond donors (Lipinski definition) is 2. The summed E-state index contributed by atoms with van der Waals surface area (Å²) in [6.45, 7) is 9.77. The van der Waals surface area contributed by atoms with Gasteiger partial charge >= 0.3 is 0 Å². The zero-order valence-corrected chi connectivity index (χ0v) is 11.0. The van der Waals surface area contributed by atoms with E-state index in [1.54, 1.807) is 0 Å². The highest BCUT2D eigenvalue weighted by Gasteiger charge is 2.27. The predicted molar refractivity (Wildman–Crippen MR) is 69.6 cm³/mol. The quantitative estimate of drug-likeness (QED) is 0.749. The smallest absolute Gasteiger partial charge is 0.000528 e. The van der Waals surface area contributed by atoms with E-state index in [4.69, 9.17) is 0 Å². The summed E-state index contributed by atoms with van der Waals surface area (Å²) in [5.74, 6) is 1.76. The van der Waals surface area contributed by atoms with Crippen LogP contribution in [0.1, 0.15) is 46.0 Å². The van der Waals surface area contributed by atoms with Gasteiger partial charge in [-0.05, 0) is 49.7 Å². The van der Waals surface area contributed by atoms with Gasteiger partial charge in [0.1, 0.15) is 0 Å². The molecule has 0 radical (unpaired) electrons. The average Bonchev–Trinajstić information content (AvgIpc) is 2.15. The maximum Gasteiger partial charge on any atom is 0.000528 e. The molecule has 1 saturated carbocycles. The zero-order chi connectivity index (χ0) is 11.4. The Hall–Kier alpha value is -0.0800. The van der Waals surface area contributed by atoms with Crippen molar-refractivity contribution in [1.82, 2.24) is 10.6 Å². The van der Waals surface area contributed by atoms with Crippen LogP contribution in [-0.2, 0) is 0 Å². The Morgan fingerprint density at radius 3 is 2.50 bits per heavy atom. The van der Waals surface area contributed by atoms with Crippen LogP contribution in [0.15, 0.2) is 0 Å². The van der Waals surface area contributed by atoms with Crippen LogP contribution in [0, 0.1) is 17.3 Å². The van der Waals surface area contributed by atoms with Crippen molar-refractivity contribution in [3.63, 3.8) is 0 Å². The topological polar surface area (TPSA) is 24.1 Å². The molecule has 2 nitrogen and oxygen atoms in total. The summed E-state index contributed by atoms with van der Waals surface area (Å²) in [5.41, 5.74) is 0.593. The Kier molecular flexibility index (Phi) is 4.26. The van der Waals surface area contributed by atoms with E-state index in [1.165, 1.54) is 58.3 Å². The van der Waals surface area contributed by atoms with Crippen LogP contribution in [0.2, 0.25) is 0 Å². The van der Waals surface area contributed by atoms with E-state index in [0.29, 0.717) is 5.41 Å². The van der Waals surface area contributed by atoms with Crippen LogP contribution in [-0.4, -0.2) is 26.2 Å². The molecule has 1 aliphatic heterocycles. The molecular formula is C14H28N2. The van der Waals surface area contributed by atoms with E-state index < -0.39 is 0 Å². The summed E-state index contributed by atoms with van der Waals surface area (Å²) in [6.07, 6.45) is 7.21. The summed E-state index contributed by atoms with van der Waals surface area (Å²) in [5, 5.41) is 7.08. The SMILES string of the molecule is CC(CNCC1(C)CCCCC1)C1CNC1. The fourth-order valence-corrected chi connectivity index (χ4v) is 3.06. The van der Waals surface area contributed by atoms with Crippen molar-refractivity contribution >= 4 is 0 Å². The number of nitrogens with one attached hydrogen (secondary N) is 2. The molecule has 1 unspecified atom stereocenters. The van der Waals surface area contributed by atoms with E-state index in [2.05, 4.69) is 24.5 Å². The average molecular weight is 224 g/mol. The van der Waals surface area contributed by atoms with Crippen LogP contribution < -0.4 is 10.6 Å². The molecule has 0 aromatic rings. The molecule has 2 heteroatoms. The third-order valence-electron chi connectivity index (χ3n) is 4.70. The Labute approximate surface area is 101 Å². The Morgan fingerprint density at radius 1 is 1.25 bits per heavy atom. The van der Waals surface area contributed by atoms with Crippen molar-refractivity contribution in [1.29, 1.82) is 0 Å². The van der Waals surface area contributed by atoms with E-state index in [1.807, 2.05) is 0 Å². The molecule has 1 saturated heterocycles. The van der Waals surface area contributed by atoms with E-state index in [-0.39, 0.29) is 0 Å². The van der Waals surface area contributed by atoms with Gasteiger partial charge in [-0.3, -0.25) is 0 Å². The first kappa shape index (κ1) is 12.4. The molecule has 1 heterocycles. The van der Waals surface area contributed by atoms with Crippen molar-refractivity contribution in [2.24, 2.45) is 17.3 Å². The molecule has 94 valence electrons. The van der Waals surface area contributed by atoms with E-state index in [0.717, 1.165) is 11.8 Å². The number of rotatable bonds is 5. The van der Waals surface area contributed by atoms with Gasteiger partial charge in [-0.1, -0.05) is 33.1 Å². The predicted octanol–water partition coefficient (Wildman–Crippen LogP) is 2.40. The summed E-state index contributed by atoms with van der Waals surface area (Å²) >= 11 is 0. The van der Waals surface area contributed by atoms with Gasteiger partial charge in [0, 0.05) is 6.54 Å². The fraction of sp³-hybridized carbons (Fsp3) is 1.00. The molecule has 0 amide bonds. The molecule has 2 rings (SSSR count). The van der Waals surface area contributed by atoms with Crippen molar-refractivity contribution in [2.75, 3.05) is 26.2 Å². The van der Waals surface area contributed by atoms with Crippen LogP contribution in [0.25, 0.3) is 0 Å². The molecule has 0 spiro atoms. The van der Waals surface area contributed by atoms with Crippen LogP contribution in [0.4, 0.5) is 0 Å². The second-order valence-corrected chi connectivity index (χ2v) is 6.40. The standard InChI is InChI=1S/C14H28N2/c1-12(13-9-15-10-13)8-16-11-14(2)6-4-3-5-7-14/h12-13,15-16H,3-11H2,1-2H3. The molecule has 1 atom stereocenters. The second-order valence-electron chi connectivity index (χ2n) is 6.40. The van der Waals surface area contributed by atoms with Gasteiger partial charge in [-0.25, -0.2) is 0 Å². The Balaban J connectivity index is 1.62. The first-order valence-corrected chi connectivity index (χ1v) is 7.11. The summed E-state index contributed by atoms with van der Waals surface area (Å²) in [4.78, 5) is 0. The van der Waals surface area contributed by atoms with Crippen molar-refractivity contribution in [2.45, 2.75) is 46.0 Å². The molecule has 2 N–H and O–H groups in total. The minimum absolute atomic E-state index is 0.593.